The Balaban J connectivity index is 1.15. The zero-order valence-electron chi connectivity index (χ0n) is 18.7. The second-order valence-electron chi connectivity index (χ2n) is 8.22. The van der Waals surface area contributed by atoms with Gasteiger partial charge in [-0.1, -0.05) is 35.6 Å². The van der Waals surface area contributed by atoms with Crippen molar-refractivity contribution in [2.75, 3.05) is 51.3 Å². The Kier molecular flexibility index (Phi) is 6.30. The van der Waals surface area contributed by atoms with Crippen molar-refractivity contribution in [1.29, 1.82) is 0 Å². The fourth-order valence-electron chi connectivity index (χ4n) is 4.23. The number of hydrogen-bond donors (Lipinski definition) is 1. The van der Waals surface area contributed by atoms with E-state index in [-0.39, 0.29) is 11.4 Å². The fraction of sp³-hybridized carbons (Fsp3) is 0.280. The summed E-state index contributed by atoms with van der Waals surface area (Å²) in [7, 11) is 1.57. The average Bonchev–Trinajstić information content (AvgIpc) is 3.28. The largest absolute Gasteiger partial charge is 0.496 e. The van der Waals surface area contributed by atoms with Crippen LogP contribution in [0.2, 0.25) is 0 Å². The molecule has 0 unspecified atom stereocenters. The van der Waals surface area contributed by atoms with E-state index in [0.29, 0.717) is 27.7 Å². The quantitative estimate of drug-likeness (QED) is 0.444. The zero-order chi connectivity index (χ0) is 23.7. The van der Waals surface area contributed by atoms with Gasteiger partial charge in [0.05, 0.1) is 17.4 Å². The van der Waals surface area contributed by atoms with Gasteiger partial charge in [-0.05, 0) is 29.0 Å². The van der Waals surface area contributed by atoms with Crippen LogP contribution >= 0.6 is 11.3 Å². The SMILES string of the molecule is COc1cc2ccccc2cc1C(=O)NCCN1CCN(c2nc3c(F)cc(F)cc3s2)CC1. The molecule has 1 fully saturated rings. The van der Waals surface area contributed by atoms with Crippen LogP contribution in [0.5, 0.6) is 5.75 Å². The van der Waals surface area contributed by atoms with Crippen LogP contribution in [0.1, 0.15) is 10.4 Å². The number of methoxy groups -OCH3 is 1. The third kappa shape index (κ3) is 4.53. The Morgan fingerprint density at radius 1 is 1.09 bits per heavy atom. The molecule has 1 N–H and O–H groups in total. The summed E-state index contributed by atoms with van der Waals surface area (Å²) >= 11 is 1.30. The number of thiazole rings is 1. The first kappa shape index (κ1) is 22.5. The summed E-state index contributed by atoms with van der Waals surface area (Å²) in [5.41, 5.74) is 0.737. The second kappa shape index (κ2) is 9.52. The molecule has 4 aromatic rings. The lowest BCUT2D eigenvalue weighted by molar-refractivity contribution is 0.0945. The third-order valence-corrected chi connectivity index (χ3v) is 7.13. The van der Waals surface area contributed by atoms with Crippen LogP contribution < -0.4 is 15.0 Å². The lowest BCUT2D eigenvalue weighted by atomic mass is 10.1. The standard InChI is InChI=1S/C25H24F2N4O2S/c1-33-21-13-17-5-3-2-4-16(17)12-19(21)24(32)28-6-7-30-8-10-31(11-9-30)25-29-23-20(27)14-18(26)15-22(23)34-25/h2-5,12-15H,6-11H2,1H3,(H,28,32). The van der Waals surface area contributed by atoms with Gasteiger partial charge in [0, 0.05) is 45.3 Å². The molecule has 176 valence electrons. The fourth-order valence-corrected chi connectivity index (χ4v) is 5.29. The lowest BCUT2D eigenvalue weighted by Crippen LogP contribution is -2.48. The maximum Gasteiger partial charge on any atom is 0.255 e. The van der Waals surface area contributed by atoms with Gasteiger partial charge in [0.2, 0.25) is 0 Å². The monoisotopic (exact) mass is 482 g/mol. The minimum atomic E-state index is -0.630. The number of carbonyl (C=O) groups excluding carboxylic acids is 1. The van der Waals surface area contributed by atoms with Crippen molar-refractivity contribution in [1.82, 2.24) is 15.2 Å². The summed E-state index contributed by atoms with van der Waals surface area (Å²) in [5, 5.41) is 5.71. The van der Waals surface area contributed by atoms with Gasteiger partial charge in [0.25, 0.3) is 5.91 Å². The molecule has 5 rings (SSSR count). The minimum Gasteiger partial charge on any atom is -0.496 e. The van der Waals surface area contributed by atoms with Crippen molar-refractivity contribution in [3.63, 3.8) is 0 Å². The number of aromatic nitrogens is 1. The van der Waals surface area contributed by atoms with Crippen molar-refractivity contribution in [3.8, 4) is 5.75 Å². The highest BCUT2D eigenvalue weighted by Gasteiger charge is 2.21. The number of fused-ring (bicyclic) bond motifs is 2. The molecule has 0 radical (unpaired) electrons. The third-order valence-electron chi connectivity index (χ3n) is 6.07. The first-order valence-electron chi connectivity index (χ1n) is 11.1. The van der Waals surface area contributed by atoms with Crippen molar-refractivity contribution in [2.45, 2.75) is 0 Å². The van der Waals surface area contributed by atoms with E-state index in [4.69, 9.17) is 4.74 Å². The number of piperazine rings is 1. The molecule has 1 saturated heterocycles. The van der Waals surface area contributed by atoms with E-state index >= 15 is 0 Å². The number of halogens is 2. The summed E-state index contributed by atoms with van der Waals surface area (Å²) in [6.45, 7) is 4.28. The Labute approximate surface area is 199 Å². The van der Waals surface area contributed by atoms with Crippen molar-refractivity contribution >= 4 is 43.4 Å². The van der Waals surface area contributed by atoms with E-state index < -0.39 is 11.6 Å². The number of nitrogens with one attached hydrogen (secondary N) is 1. The van der Waals surface area contributed by atoms with E-state index in [1.54, 1.807) is 7.11 Å². The molecule has 1 amide bonds. The number of rotatable bonds is 6. The van der Waals surface area contributed by atoms with Crippen LogP contribution in [0.25, 0.3) is 21.0 Å². The van der Waals surface area contributed by atoms with Crippen LogP contribution in [-0.2, 0) is 0 Å². The molecule has 34 heavy (non-hydrogen) atoms. The summed E-state index contributed by atoms with van der Waals surface area (Å²) in [5.74, 6) is -0.828. The zero-order valence-corrected chi connectivity index (χ0v) is 19.5. The van der Waals surface area contributed by atoms with Gasteiger partial charge >= 0.3 is 0 Å². The molecule has 6 nitrogen and oxygen atoms in total. The molecule has 0 bridgehead atoms. The van der Waals surface area contributed by atoms with E-state index in [0.717, 1.165) is 49.6 Å². The van der Waals surface area contributed by atoms with Crippen LogP contribution in [0.3, 0.4) is 0 Å². The van der Waals surface area contributed by atoms with Crippen molar-refractivity contribution < 1.29 is 18.3 Å². The number of hydrogen-bond acceptors (Lipinski definition) is 6. The van der Waals surface area contributed by atoms with Crippen LogP contribution in [0.4, 0.5) is 13.9 Å². The summed E-state index contributed by atoms with van der Waals surface area (Å²) < 4.78 is 33.4. The molecule has 1 aliphatic rings. The summed E-state index contributed by atoms with van der Waals surface area (Å²) in [4.78, 5) is 21.5. The molecule has 0 spiro atoms. The molecule has 9 heteroatoms. The molecule has 0 atom stereocenters. The number of carbonyl (C=O) groups is 1. The van der Waals surface area contributed by atoms with Gasteiger partial charge < -0.3 is 15.0 Å². The van der Waals surface area contributed by atoms with Gasteiger partial charge in [-0.15, -0.1) is 0 Å². The predicted octanol–water partition coefficient (Wildman–Crippen LogP) is 4.29. The van der Waals surface area contributed by atoms with Crippen molar-refractivity contribution in [3.05, 3.63) is 65.7 Å². The highest BCUT2D eigenvalue weighted by molar-refractivity contribution is 7.22. The highest BCUT2D eigenvalue weighted by Crippen LogP contribution is 2.31. The van der Waals surface area contributed by atoms with Gasteiger partial charge in [0.15, 0.2) is 10.9 Å². The Morgan fingerprint density at radius 2 is 1.82 bits per heavy atom. The van der Waals surface area contributed by atoms with E-state index in [1.165, 1.54) is 17.4 Å². The van der Waals surface area contributed by atoms with Crippen LogP contribution in [0.15, 0.2) is 48.5 Å². The first-order valence-corrected chi connectivity index (χ1v) is 11.9. The van der Waals surface area contributed by atoms with Gasteiger partial charge in [0.1, 0.15) is 17.1 Å². The maximum absolute atomic E-state index is 14.0. The number of benzene rings is 3. The Bertz CT molecular complexity index is 1350. The number of nitrogens with zero attached hydrogens (tertiary/aromatic N) is 3. The van der Waals surface area contributed by atoms with E-state index in [1.807, 2.05) is 36.4 Å². The van der Waals surface area contributed by atoms with Gasteiger partial charge in [-0.3, -0.25) is 9.69 Å². The summed E-state index contributed by atoms with van der Waals surface area (Å²) in [6.07, 6.45) is 0. The molecular formula is C25H24F2N4O2S. The maximum atomic E-state index is 14.0. The number of anilines is 1. The number of ether oxygens (including phenoxy) is 1. The second-order valence-corrected chi connectivity index (χ2v) is 9.22. The molecular weight excluding hydrogens is 458 g/mol. The Hall–Kier alpha value is -3.30. The summed E-state index contributed by atoms with van der Waals surface area (Å²) in [6, 6.07) is 13.8. The highest BCUT2D eigenvalue weighted by atomic mass is 32.1. The molecule has 1 aliphatic heterocycles. The number of amides is 1. The van der Waals surface area contributed by atoms with Crippen molar-refractivity contribution in [2.24, 2.45) is 0 Å². The smallest absolute Gasteiger partial charge is 0.255 e. The molecule has 2 heterocycles. The van der Waals surface area contributed by atoms with Gasteiger partial charge in [-0.2, -0.15) is 0 Å². The topological polar surface area (TPSA) is 57.7 Å². The van der Waals surface area contributed by atoms with E-state index in [9.17, 15) is 13.6 Å². The molecule has 0 aliphatic carbocycles. The van der Waals surface area contributed by atoms with E-state index in [2.05, 4.69) is 20.1 Å². The molecule has 0 saturated carbocycles. The predicted molar refractivity (Wildman–Crippen MR) is 131 cm³/mol. The lowest BCUT2D eigenvalue weighted by Gasteiger charge is -2.34. The molecule has 3 aromatic carbocycles. The van der Waals surface area contributed by atoms with Crippen LogP contribution in [0, 0.1) is 11.6 Å². The van der Waals surface area contributed by atoms with Gasteiger partial charge in [-0.25, -0.2) is 13.8 Å². The molecule has 1 aromatic heterocycles. The average molecular weight is 483 g/mol. The normalized spacial score (nSPS) is 14.6. The minimum absolute atomic E-state index is 0.162. The Morgan fingerprint density at radius 3 is 2.56 bits per heavy atom. The van der Waals surface area contributed by atoms with Crippen LogP contribution in [-0.4, -0.2) is 62.2 Å². The first-order chi connectivity index (χ1) is 16.5.